The predicted molar refractivity (Wildman–Crippen MR) is 139 cm³/mol. The van der Waals surface area contributed by atoms with Crippen LogP contribution < -0.4 is 14.2 Å². The molecule has 0 aliphatic rings. The molecule has 0 radical (unpaired) electrons. The Morgan fingerprint density at radius 2 is 1.17 bits per heavy atom. The van der Waals surface area contributed by atoms with Crippen LogP contribution in [0.25, 0.3) is 0 Å². The van der Waals surface area contributed by atoms with Crippen LogP contribution in [0.15, 0.2) is 47.6 Å². The lowest BCUT2D eigenvalue weighted by Gasteiger charge is -2.18. The van der Waals surface area contributed by atoms with Crippen LogP contribution in [0.4, 0.5) is 0 Å². The molecule has 0 spiro atoms. The van der Waals surface area contributed by atoms with Crippen LogP contribution >= 0.6 is 0 Å². The van der Waals surface area contributed by atoms with E-state index in [0.717, 1.165) is 27.8 Å². The van der Waals surface area contributed by atoms with E-state index in [4.69, 9.17) is 19.0 Å². The Labute approximate surface area is 211 Å². The third-order valence-electron chi connectivity index (χ3n) is 6.61. The Morgan fingerprint density at radius 3 is 1.64 bits per heavy atom. The van der Waals surface area contributed by atoms with Gasteiger partial charge in [-0.2, -0.15) is 0 Å². The quantitative estimate of drug-likeness (QED) is 0.175. The van der Waals surface area contributed by atoms with Gasteiger partial charge in [0.15, 0.2) is 17.2 Å². The second-order valence-electron chi connectivity index (χ2n) is 8.43. The van der Waals surface area contributed by atoms with Crippen LogP contribution in [0.1, 0.15) is 54.1 Å². The van der Waals surface area contributed by atoms with Crippen molar-refractivity contribution in [3.05, 3.63) is 87.0 Å². The highest BCUT2D eigenvalue weighted by atomic mass is 16.7. The minimum Gasteiger partial charge on any atom is -0.493 e. The molecule has 36 heavy (non-hydrogen) atoms. The molecule has 0 saturated heterocycles. The van der Waals surface area contributed by atoms with Gasteiger partial charge in [0.25, 0.3) is 0 Å². The molecule has 188 valence electrons. The number of hydrogen-bond acceptors (Lipinski definition) is 7. The molecule has 3 aromatic carbocycles. The van der Waals surface area contributed by atoms with Crippen molar-refractivity contribution >= 4 is 17.5 Å². The minimum absolute atomic E-state index is 0.0326. The summed E-state index contributed by atoms with van der Waals surface area (Å²) in [6.45, 7) is 9.89. The molecule has 7 nitrogen and oxygen atoms in total. The van der Waals surface area contributed by atoms with Gasteiger partial charge in [0.05, 0.1) is 26.9 Å². The molecule has 0 aliphatic heterocycles. The van der Waals surface area contributed by atoms with Crippen LogP contribution in [-0.2, 0) is 4.84 Å². The molecule has 3 rings (SSSR count). The smallest absolute Gasteiger partial charge is 0.366 e. The average Bonchev–Trinajstić information content (AvgIpc) is 2.90. The number of Topliss-reactive ketones (excluding diaryl/α,β-unsaturated/α-hetero) is 1. The highest BCUT2D eigenvalue weighted by Gasteiger charge is 2.25. The Morgan fingerprint density at radius 1 is 0.667 bits per heavy atom. The number of carbonyl (C=O) groups excluding carboxylic acids is 2. The Hall–Kier alpha value is -4.13. The SMILES string of the molecule is COc1cc(C(=O)O/N=C(/C(=O)c2c(C)c(C)c(C)c(C)c2C)c2ccccc2)cc(OC)c1OC. The van der Waals surface area contributed by atoms with E-state index in [-0.39, 0.29) is 17.1 Å². The van der Waals surface area contributed by atoms with Gasteiger partial charge in [-0.15, -0.1) is 0 Å². The number of carbonyl (C=O) groups is 2. The first-order chi connectivity index (χ1) is 17.2. The molecule has 0 aromatic heterocycles. The molecule has 0 unspecified atom stereocenters. The molecular formula is C29H31NO6. The first-order valence-electron chi connectivity index (χ1n) is 11.4. The topological polar surface area (TPSA) is 83.4 Å². The summed E-state index contributed by atoms with van der Waals surface area (Å²) in [5, 5.41) is 4.07. The Bertz CT molecular complexity index is 1290. The molecule has 0 fully saturated rings. The zero-order chi connectivity index (χ0) is 26.6. The molecule has 0 bridgehead atoms. The molecule has 7 heteroatoms. The summed E-state index contributed by atoms with van der Waals surface area (Å²) in [5.74, 6) is -0.162. The molecule has 0 saturated carbocycles. The Balaban J connectivity index is 2.09. The molecule has 0 aliphatic carbocycles. The number of benzene rings is 3. The summed E-state index contributed by atoms with van der Waals surface area (Å²) >= 11 is 0. The highest BCUT2D eigenvalue weighted by molar-refractivity contribution is 6.52. The van der Waals surface area contributed by atoms with E-state index in [1.807, 2.05) is 40.7 Å². The van der Waals surface area contributed by atoms with Gasteiger partial charge in [0.2, 0.25) is 11.5 Å². The van der Waals surface area contributed by atoms with Crippen LogP contribution in [0.2, 0.25) is 0 Å². The van der Waals surface area contributed by atoms with Gasteiger partial charge >= 0.3 is 5.97 Å². The van der Waals surface area contributed by atoms with E-state index < -0.39 is 5.97 Å². The van der Waals surface area contributed by atoms with Gasteiger partial charge in [-0.3, -0.25) is 4.79 Å². The van der Waals surface area contributed by atoms with Gasteiger partial charge in [0.1, 0.15) is 0 Å². The van der Waals surface area contributed by atoms with E-state index in [1.54, 1.807) is 24.3 Å². The number of rotatable bonds is 8. The molecule has 0 heterocycles. The normalized spacial score (nSPS) is 11.2. The van der Waals surface area contributed by atoms with Crippen molar-refractivity contribution in [2.75, 3.05) is 21.3 Å². The van der Waals surface area contributed by atoms with E-state index in [1.165, 1.54) is 33.5 Å². The van der Waals surface area contributed by atoms with Crippen LogP contribution in [0.5, 0.6) is 17.2 Å². The van der Waals surface area contributed by atoms with Crippen LogP contribution in [0, 0.1) is 34.6 Å². The predicted octanol–water partition coefficient (Wildman–Crippen LogP) is 5.70. The van der Waals surface area contributed by atoms with Crippen molar-refractivity contribution in [3.63, 3.8) is 0 Å². The highest BCUT2D eigenvalue weighted by Crippen LogP contribution is 2.38. The fraction of sp³-hybridized carbons (Fsp3) is 0.276. The lowest BCUT2D eigenvalue weighted by atomic mass is 9.86. The second kappa shape index (κ2) is 11.1. The summed E-state index contributed by atoms with van der Waals surface area (Å²) in [4.78, 5) is 32.1. The van der Waals surface area contributed by atoms with E-state index in [0.29, 0.717) is 28.4 Å². The number of oxime groups is 1. The maximum atomic E-state index is 13.9. The largest absolute Gasteiger partial charge is 0.493 e. The third-order valence-corrected chi connectivity index (χ3v) is 6.61. The van der Waals surface area contributed by atoms with Crippen molar-refractivity contribution in [1.29, 1.82) is 0 Å². The first-order valence-corrected chi connectivity index (χ1v) is 11.4. The minimum atomic E-state index is -0.778. The molecule has 0 N–H and O–H groups in total. The maximum absolute atomic E-state index is 13.9. The number of ketones is 1. The fourth-order valence-corrected chi connectivity index (χ4v) is 4.12. The van der Waals surface area contributed by atoms with Gasteiger partial charge in [-0.1, -0.05) is 35.5 Å². The van der Waals surface area contributed by atoms with Crippen molar-refractivity contribution in [2.45, 2.75) is 34.6 Å². The molecule has 3 aromatic rings. The van der Waals surface area contributed by atoms with E-state index >= 15 is 0 Å². The van der Waals surface area contributed by atoms with Gasteiger partial charge in [-0.25, -0.2) is 4.79 Å². The number of hydrogen-bond donors (Lipinski definition) is 0. The maximum Gasteiger partial charge on any atom is 0.366 e. The van der Waals surface area contributed by atoms with Crippen LogP contribution in [0.3, 0.4) is 0 Å². The number of nitrogens with zero attached hydrogens (tertiary/aromatic N) is 1. The molecular weight excluding hydrogens is 458 g/mol. The lowest BCUT2D eigenvalue weighted by Crippen LogP contribution is -2.21. The number of ether oxygens (including phenoxy) is 3. The zero-order valence-corrected chi connectivity index (χ0v) is 21.9. The van der Waals surface area contributed by atoms with Gasteiger partial charge < -0.3 is 19.0 Å². The van der Waals surface area contributed by atoms with Gasteiger partial charge in [-0.05, 0) is 74.6 Å². The van der Waals surface area contributed by atoms with Crippen molar-refractivity contribution < 1.29 is 28.6 Å². The summed E-state index contributed by atoms with van der Waals surface area (Å²) in [6, 6.07) is 11.9. The van der Waals surface area contributed by atoms with Crippen molar-refractivity contribution in [3.8, 4) is 17.2 Å². The van der Waals surface area contributed by atoms with Crippen molar-refractivity contribution in [1.82, 2.24) is 0 Å². The second-order valence-corrected chi connectivity index (χ2v) is 8.43. The number of methoxy groups -OCH3 is 3. The monoisotopic (exact) mass is 489 g/mol. The molecule has 0 atom stereocenters. The van der Waals surface area contributed by atoms with Crippen LogP contribution in [-0.4, -0.2) is 38.8 Å². The summed E-state index contributed by atoms with van der Waals surface area (Å²) in [7, 11) is 4.37. The summed E-state index contributed by atoms with van der Waals surface area (Å²) in [6.07, 6.45) is 0. The molecule has 0 amide bonds. The van der Waals surface area contributed by atoms with E-state index in [2.05, 4.69) is 5.16 Å². The summed E-state index contributed by atoms with van der Waals surface area (Å²) < 4.78 is 15.9. The van der Waals surface area contributed by atoms with Gasteiger partial charge in [0, 0.05) is 11.1 Å². The van der Waals surface area contributed by atoms with Crippen molar-refractivity contribution in [2.24, 2.45) is 5.16 Å². The average molecular weight is 490 g/mol. The zero-order valence-electron chi connectivity index (χ0n) is 21.9. The summed E-state index contributed by atoms with van der Waals surface area (Å²) in [5.41, 5.74) is 6.24. The standard InChI is InChI=1S/C29H31NO6/c1-16-17(2)19(4)25(20(5)18(16)3)27(31)26(21-12-10-9-11-13-21)30-36-29(32)22-14-23(33-6)28(35-8)24(15-22)34-7/h9-15H,1-8H3/b30-26+. The fourth-order valence-electron chi connectivity index (χ4n) is 4.12. The Kier molecular flexibility index (Phi) is 8.14. The third kappa shape index (κ3) is 4.96. The first kappa shape index (κ1) is 26.5. The van der Waals surface area contributed by atoms with E-state index in [9.17, 15) is 9.59 Å². The lowest BCUT2D eigenvalue weighted by molar-refractivity contribution is 0.0515.